The van der Waals surface area contributed by atoms with Crippen molar-refractivity contribution < 1.29 is 57.6 Å². The van der Waals surface area contributed by atoms with Gasteiger partial charge in [0.25, 0.3) is 0 Å². The number of carbonyl (C=O) groups is 7. The van der Waals surface area contributed by atoms with E-state index in [0.29, 0.717) is 58.1 Å². The zero-order valence-corrected chi connectivity index (χ0v) is 33.2. The summed E-state index contributed by atoms with van der Waals surface area (Å²) in [4.78, 5) is 88.8. The average Bonchev–Trinajstić information content (AvgIpc) is 3.64. The number of nitrogens with zero attached hydrogens (tertiary/aromatic N) is 1. The number of hydrogen-bond donors (Lipinski definition) is 4. The molecule has 16 nitrogen and oxygen atoms in total. The van der Waals surface area contributed by atoms with Crippen molar-refractivity contribution >= 4 is 47.1 Å². The van der Waals surface area contributed by atoms with Crippen LogP contribution in [0.15, 0.2) is 16.8 Å². The van der Waals surface area contributed by atoms with E-state index in [9.17, 15) is 33.6 Å². The highest BCUT2D eigenvalue weighted by Crippen LogP contribution is 2.29. The van der Waals surface area contributed by atoms with E-state index < -0.39 is 29.3 Å². The number of aliphatic carboxylic acids is 1. The van der Waals surface area contributed by atoms with Crippen molar-refractivity contribution in [3.05, 3.63) is 11.8 Å². The Morgan fingerprint density at radius 1 is 0.836 bits per heavy atom. The van der Waals surface area contributed by atoms with Crippen LogP contribution in [0, 0.1) is 17.3 Å². The molecule has 1 aliphatic rings. The number of unbranched alkanes of at least 4 members (excludes halogenated alkanes) is 1. The van der Waals surface area contributed by atoms with Crippen LogP contribution >= 0.6 is 0 Å². The lowest BCUT2D eigenvalue weighted by atomic mass is 9.77. The Hall–Kier alpha value is -3.70. The van der Waals surface area contributed by atoms with Gasteiger partial charge in [0.05, 0.1) is 45.0 Å². The molecule has 312 valence electrons. The molecule has 0 aromatic heterocycles. The number of amides is 2. The second-order valence-electron chi connectivity index (χ2n) is 14.5. The molecular formula is C39H64N4O12. The third-order valence-electron chi connectivity index (χ3n) is 9.04. The van der Waals surface area contributed by atoms with Crippen molar-refractivity contribution in [1.82, 2.24) is 10.6 Å². The first-order valence-corrected chi connectivity index (χ1v) is 19.2. The Balaban J connectivity index is 2.03. The van der Waals surface area contributed by atoms with E-state index in [1.54, 1.807) is 27.0 Å². The van der Waals surface area contributed by atoms with Gasteiger partial charge in [0, 0.05) is 81.5 Å². The van der Waals surface area contributed by atoms with Crippen LogP contribution in [0.3, 0.4) is 0 Å². The maximum Gasteiger partial charge on any atom is 0.306 e. The number of Topliss-reactive ketones (excluding diaryl/α,β-unsaturated/α-hetero) is 4. The summed E-state index contributed by atoms with van der Waals surface area (Å²) in [6.07, 6.45) is 7.98. The number of nitrogens with two attached hydrogens (primary N) is 1. The van der Waals surface area contributed by atoms with E-state index in [0.717, 1.165) is 12.1 Å². The standard InChI is InChI=1S/C39H64N4O12/c1-28(38(50)51)12-13-32(45)11-8-17-52-19-21-54-27-37(49)43-16-18-53-20-22-55-26-36(48)42-14-6-5-9-30(29(2)44)23-35(47)39(3,4)25-34(46)33(40)24-31-10-7-15-41-31/h10,15,28,30,33H,5-9,11-14,16-27,40H2,1-4H3,(H,42,48)(H,43,49)(H,50,51)/t28-,30+,33-/m0/s1. The number of rotatable bonds is 35. The van der Waals surface area contributed by atoms with Gasteiger partial charge in [0.15, 0.2) is 5.78 Å². The highest BCUT2D eigenvalue weighted by Gasteiger charge is 2.34. The minimum atomic E-state index is -0.945. The fourth-order valence-electron chi connectivity index (χ4n) is 5.38. The topological polar surface area (TPSA) is 239 Å². The number of carbonyl (C=O) groups excluding carboxylic acids is 6. The van der Waals surface area contributed by atoms with Gasteiger partial charge in [-0.05, 0) is 32.6 Å². The molecule has 0 aromatic carbocycles. The summed E-state index contributed by atoms with van der Waals surface area (Å²) in [5.41, 5.74) is 5.91. The number of allylic oxidation sites excluding steroid dienone is 1. The van der Waals surface area contributed by atoms with Crippen LogP contribution in [-0.2, 0) is 52.5 Å². The fraction of sp³-hybridized carbons (Fsp3) is 0.744. The Morgan fingerprint density at radius 3 is 2.05 bits per heavy atom. The van der Waals surface area contributed by atoms with E-state index >= 15 is 0 Å². The average molecular weight is 781 g/mol. The van der Waals surface area contributed by atoms with Crippen molar-refractivity contribution in [3.63, 3.8) is 0 Å². The van der Waals surface area contributed by atoms with Crippen LogP contribution in [0.4, 0.5) is 0 Å². The summed E-state index contributed by atoms with van der Waals surface area (Å²) in [7, 11) is 0. The second kappa shape index (κ2) is 28.7. The van der Waals surface area contributed by atoms with E-state index in [1.165, 1.54) is 6.92 Å². The highest BCUT2D eigenvalue weighted by atomic mass is 16.5. The minimum Gasteiger partial charge on any atom is -0.481 e. The molecule has 0 bridgehead atoms. The van der Waals surface area contributed by atoms with E-state index in [2.05, 4.69) is 15.6 Å². The number of nitrogens with one attached hydrogen (secondary N) is 2. The van der Waals surface area contributed by atoms with Gasteiger partial charge in [0.1, 0.15) is 30.6 Å². The minimum absolute atomic E-state index is 0.00185. The molecule has 0 unspecified atom stereocenters. The van der Waals surface area contributed by atoms with Gasteiger partial charge >= 0.3 is 5.97 Å². The SMILES string of the molecule is CC(=O)[C@H](CCCCNC(=O)COCCOCCNC(=O)COCCOCCCC(=O)CC[C@H](C)C(=O)O)CC(=O)C(C)(C)CC(=O)[C@@H](N)CC1=CCC=N1. The predicted octanol–water partition coefficient (Wildman–Crippen LogP) is 2.53. The summed E-state index contributed by atoms with van der Waals surface area (Å²) < 4.78 is 21.4. The summed E-state index contributed by atoms with van der Waals surface area (Å²) in [5, 5.41) is 14.3. The van der Waals surface area contributed by atoms with Crippen LogP contribution < -0.4 is 16.4 Å². The molecule has 0 aromatic rings. The number of ether oxygens (including phenoxy) is 4. The molecule has 1 heterocycles. The third-order valence-corrected chi connectivity index (χ3v) is 9.04. The summed E-state index contributed by atoms with van der Waals surface area (Å²) in [5.74, 6) is -2.93. The van der Waals surface area contributed by atoms with Crippen LogP contribution in [0.1, 0.15) is 98.3 Å². The molecule has 1 rings (SSSR count). The number of carboxylic acids is 1. The molecule has 0 aliphatic carbocycles. The van der Waals surface area contributed by atoms with E-state index in [4.69, 9.17) is 29.8 Å². The normalized spacial score (nSPS) is 14.2. The summed E-state index contributed by atoms with van der Waals surface area (Å²) in [6, 6.07) is -0.733. The lowest BCUT2D eigenvalue weighted by Gasteiger charge is -2.26. The van der Waals surface area contributed by atoms with Crippen molar-refractivity contribution in [2.75, 3.05) is 65.9 Å². The van der Waals surface area contributed by atoms with Gasteiger partial charge in [0.2, 0.25) is 11.8 Å². The van der Waals surface area contributed by atoms with Gasteiger partial charge in [-0.1, -0.05) is 33.3 Å². The second-order valence-corrected chi connectivity index (χ2v) is 14.5. The van der Waals surface area contributed by atoms with Crippen LogP contribution in [0.25, 0.3) is 0 Å². The molecule has 0 saturated carbocycles. The molecule has 0 saturated heterocycles. The Morgan fingerprint density at radius 2 is 1.45 bits per heavy atom. The van der Waals surface area contributed by atoms with Gasteiger partial charge < -0.3 is 40.4 Å². The molecule has 0 radical (unpaired) electrons. The van der Waals surface area contributed by atoms with E-state index in [-0.39, 0.29) is 107 Å². The first kappa shape index (κ1) is 49.3. The fourth-order valence-corrected chi connectivity index (χ4v) is 5.38. The van der Waals surface area contributed by atoms with Crippen molar-refractivity contribution in [2.24, 2.45) is 28.0 Å². The molecule has 3 atom stereocenters. The lowest BCUT2D eigenvalue weighted by molar-refractivity contribution is -0.141. The summed E-state index contributed by atoms with van der Waals surface area (Å²) >= 11 is 0. The molecule has 2 amide bonds. The molecule has 16 heteroatoms. The first-order valence-electron chi connectivity index (χ1n) is 19.2. The Kier molecular flexibility index (Phi) is 25.7. The zero-order valence-electron chi connectivity index (χ0n) is 33.2. The van der Waals surface area contributed by atoms with Crippen molar-refractivity contribution in [1.29, 1.82) is 0 Å². The zero-order chi connectivity index (χ0) is 41.1. The third kappa shape index (κ3) is 24.4. The van der Waals surface area contributed by atoms with Crippen LogP contribution in [-0.4, -0.2) is 124 Å². The molecule has 1 aliphatic heterocycles. The number of aliphatic imine (C=N–C) groups is 1. The molecular weight excluding hydrogens is 716 g/mol. The Bertz CT molecular complexity index is 1300. The van der Waals surface area contributed by atoms with E-state index in [1.807, 2.05) is 6.08 Å². The summed E-state index contributed by atoms with van der Waals surface area (Å²) in [6.45, 7) is 8.41. The molecule has 0 fully saturated rings. The molecule has 5 N–H and O–H groups in total. The van der Waals surface area contributed by atoms with Gasteiger partial charge in [-0.25, -0.2) is 0 Å². The van der Waals surface area contributed by atoms with Crippen LogP contribution in [0.2, 0.25) is 0 Å². The van der Waals surface area contributed by atoms with Crippen molar-refractivity contribution in [2.45, 2.75) is 104 Å². The van der Waals surface area contributed by atoms with Gasteiger partial charge in [-0.15, -0.1) is 0 Å². The predicted molar refractivity (Wildman–Crippen MR) is 204 cm³/mol. The number of carboxylic acid groups (broad SMARTS) is 1. The quantitative estimate of drug-likeness (QED) is 0.0678. The smallest absolute Gasteiger partial charge is 0.306 e. The number of hydrogen-bond acceptors (Lipinski definition) is 13. The van der Waals surface area contributed by atoms with Gasteiger partial charge in [-0.3, -0.25) is 38.6 Å². The molecule has 0 spiro atoms. The number of ketones is 4. The van der Waals surface area contributed by atoms with Crippen molar-refractivity contribution in [3.8, 4) is 0 Å². The Labute approximate surface area is 325 Å². The maximum atomic E-state index is 13.1. The first-order chi connectivity index (χ1) is 26.1. The largest absolute Gasteiger partial charge is 0.481 e. The molecule has 55 heavy (non-hydrogen) atoms. The lowest BCUT2D eigenvalue weighted by Crippen LogP contribution is -2.37. The highest BCUT2D eigenvalue weighted by molar-refractivity contribution is 5.94. The van der Waals surface area contributed by atoms with Crippen LogP contribution in [0.5, 0.6) is 0 Å². The maximum absolute atomic E-state index is 13.1. The monoisotopic (exact) mass is 780 g/mol. The van der Waals surface area contributed by atoms with Gasteiger partial charge in [-0.2, -0.15) is 0 Å².